The van der Waals surface area contributed by atoms with Crippen LogP contribution in [0.15, 0.2) is 48.5 Å². The number of anilines is 2. The molecule has 1 atom stereocenters. The van der Waals surface area contributed by atoms with Crippen LogP contribution >= 0.6 is 23.2 Å². The summed E-state index contributed by atoms with van der Waals surface area (Å²) in [5, 5.41) is 5.62. The third kappa shape index (κ3) is 3.51. The number of para-hydroxylation sites is 1. The highest BCUT2D eigenvalue weighted by Gasteiger charge is 2.67. The predicted molar refractivity (Wildman–Crippen MR) is 101 cm³/mol. The van der Waals surface area contributed by atoms with Gasteiger partial charge in [0.15, 0.2) is 0 Å². The predicted octanol–water partition coefficient (Wildman–Crippen LogP) is 4.77. The topological polar surface area (TPSA) is 58.2 Å². The molecule has 0 unspecified atom stereocenters. The molecule has 2 aromatic carbocycles. The molecule has 1 saturated carbocycles. The van der Waals surface area contributed by atoms with Crippen LogP contribution in [0.25, 0.3) is 0 Å². The zero-order chi connectivity index (χ0) is 18.2. The minimum Gasteiger partial charge on any atom is -0.325 e. The average Bonchev–Trinajstić information content (AvgIpc) is 3.07. The van der Waals surface area contributed by atoms with Gasteiger partial charge in [-0.25, -0.2) is 0 Å². The fourth-order valence-electron chi connectivity index (χ4n) is 2.62. The van der Waals surface area contributed by atoms with Crippen LogP contribution in [0.1, 0.15) is 29.3 Å². The number of nitrogens with one attached hydrogen (secondary N) is 2. The molecule has 2 N–H and O–H groups in total. The second kappa shape index (κ2) is 6.36. The molecule has 6 heteroatoms. The van der Waals surface area contributed by atoms with Crippen LogP contribution in [-0.4, -0.2) is 16.1 Å². The van der Waals surface area contributed by atoms with E-state index in [2.05, 4.69) is 10.6 Å². The van der Waals surface area contributed by atoms with Crippen molar-refractivity contribution in [2.24, 2.45) is 5.41 Å². The number of hydrogen-bond acceptors (Lipinski definition) is 2. The first-order chi connectivity index (χ1) is 11.7. The normalized spacial score (nSPS) is 20.6. The zero-order valence-electron chi connectivity index (χ0n) is 13.9. The van der Waals surface area contributed by atoms with Crippen LogP contribution in [0.3, 0.4) is 0 Å². The van der Waals surface area contributed by atoms with Crippen molar-refractivity contribution in [2.75, 3.05) is 10.6 Å². The third-order valence-corrected chi connectivity index (χ3v) is 5.56. The molecule has 25 heavy (non-hydrogen) atoms. The molecule has 0 radical (unpaired) electrons. The van der Waals surface area contributed by atoms with Gasteiger partial charge in [-0.2, -0.15) is 0 Å². The number of rotatable bonds is 4. The summed E-state index contributed by atoms with van der Waals surface area (Å²) in [6, 6.07) is 14.3. The minimum atomic E-state index is -1.06. The summed E-state index contributed by atoms with van der Waals surface area (Å²) in [5.41, 5.74) is 1.68. The maximum Gasteiger partial charge on any atom is 0.257 e. The first kappa shape index (κ1) is 17.8. The van der Waals surface area contributed by atoms with Crippen molar-refractivity contribution in [3.8, 4) is 0 Å². The van der Waals surface area contributed by atoms with Crippen LogP contribution in [0, 0.1) is 12.3 Å². The van der Waals surface area contributed by atoms with Gasteiger partial charge in [-0.3, -0.25) is 9.59 Å². The smallest absolute Gasteiger partial charge is 0.257 e. The Bertz CT molecular complexity index is 851. The van der Waals surface area contributed by atoms with Gasteiger partial charge < -0.3 is 10.6 Å². The molecule has 2 aromatic rings. The van der Waals surface area contributed by atoms with Crippen molar-refractivity contribution in [1.29, 1.82) is 0 Å². The summed E-state index contributed by atoms with van der Waals surface area (Å²) in [5.74, 6) is -0.598. The van der Waals surface area contributed by atoms with Crippen molar-refractivity contribution in [2.45, 2.75) is 24.6 Å². The number of aryl methyl sites for hydroxylation is 1. The van der Waals surface area contributed by atoms with Crippen molar-refractivity contribution < 1.29 is 9.59 Å². The second-order valence-corrected chi connectivity index (χ2v) is 8.02. The summed E-state index contributed by atoms with van der Waals surface area (Å²) in [6.07, 6.45) is 0.382. The van der Waals surface area contributed by atoms with E-state index in [4.69, 9.17) is 23.2 Å². The van der Waals surface area contributed by atoms with Gasteiger partial charge >= 0.3 is 0 Å². The molecular formula is C19H18Cl2N2O2. The van der Waals surface area contributed by atoms with Gasteiger partial charge in [0, 0.05) is 5.69 Å². The van der Waals surface area contributed by atoms with Gasteiger partial charge in [0.25, 0.3) is 5.91 Å². The second-order valence-electron chi connectivity index (χ2n) is 6.54. The fourth-order valence-corrected chi connectivity index (χ4v) is 3.32. The van der Waals surface area contributed by atoms with Crippen molar-refractivity contribution >= 4 is 46.4 Å². The zero-order valence-corrected chi connectivity index (χ0v) is 15.4. The molecule has 130 valence electrons. The Hall–Kier alpha value is -2.04. The molecule has 4 nitrogen and oxygen atoms in total. The minimum absolute atomic E-state index is 0.298. The molecule has 0 spiro atoms. The Morgan fingerprint density at radius 1 is 1.04 bits per heavy atom. The van der Waals surface area contributed by atoms with E-state index in [0.717, 1.165) is 5.56 Å². The van der Waals surface area contributed by atoms with E-state index in [1.165, 1.54) is 0 Å². The van der Waals surface area contributed by atoms with Crippen molar-refractivity contribution in [3.63, 3.8) is 0 Å². The number of carbonyl (C=O) groups excluding carboxylic acids is 2. The third-order valence-electron chi connectivity index (χ3n) is 4.45. The van der Waals surface area contributed by atoms with E-state index >= 15 is 0 Å². The molecule has 1 aliphatic rings. The van der Waals surface area contributed by atoms with Crippen LogP contribution in [-0.2, 0) is 4.79 Å². The van der Waals surface area contributed by atoms with Gasteiger partial charge in [-0.1, -0.05) is 24.3 Å². The van der Waals surface area contributed by atoms with E-state index in [1.807, 2.05) is 31.2 Å². The maximum atomic E-state index is 12.6. The Morgan fingerprint density at radius 3 is 2.36 bits per heavy atom. The van der Waals surface area contributed by atoms with E-state index in [9.17, 15) is 9.59 Å². The summed E-state index contributed by atoms with van der Waals surface area (Å²) in [6.45, 7) is 3.66. The fraction of sp³-hybridized carbons (Fsp3) is 0.263. The number of benzene rings is 2. The lowest BCUT2D eigenvalue weighted by molar-refractivity contribution is -0.120. The summed E-state index contributed by atoms with van der Waals surface area (Å²) < 4.78 is -1.06. The molecule has 0 aliphatic heterocycles. The highest BCUT2D eigenvalue weighted by atomic mass is 35.5. The van der Waals surface area contributed by atoms with Gasteiger partial charge in [0.1, 0.15) is 4.33 Å². The first-order valence-corrected chi connectivity index (χ1v) is 8.65. The Kier molecular flexibility index (Phi) is 4.52. The molecule has 0 saturated heterocycles. The quantitative estimate of drug-likeness (QED) is 0.754. The van der Waals surface area contributed by atoms with Crippen LogP contribution in [0.5, 0.6) is 0 Å². The SMILES string of the molecule is Cc1cccc(NC(=O)c2ccccc2NC(=O)[C@@]2(C)CC2(Cl)Cl)c1. The number of amides is 2. The highest BCUT2D eigenvalue weighted by molar-refractivity contribution is 6.53. The van der Waals surface area contributed by atoms with Gasteiger partial charge in [0.2, 0.25) is 5.91 Å². The van der Waals surface area contributed by atoms with E-state index in [1.54, 1.807) is 31.2 Å². The summed E-state index contributed by atoms with van der Waals surface area (Å²) in [4.78, 5) is 25.1. The van der Waals surface area contributed by atoms with E-state index < -0.39 is 9.75 Å². The molecule has 3 rings (SSSR count). The number of alkyl halides is 2. The largest absolute Gasteiger partial charge is 0.325 e. The molecule has 0 bridgehead atoms. The van der Waals surface area contributed by atoms with Gasteiger partial charge in [-0.05, 0) is 50.1 Å². The van der Waals surface area contributed by atoms with E-state index in [0.29, 0.717) is 23.4 Å². The Labute approximate surface area is 156 Å². The highest BCUT2D eigenvalue weighted by Crippen LogP contribution is 2.64. The van der Waals surface area contributed by atoms with Crippen LogP contribution < -0.4 is 10.6 Å². The number of carbonyl (C=O) groups is 2. The number of halogens is 2. The van der Waals surface area contributed by atoms with Crippen LogP contribution in [0.2, 0.25) is 0 Å². The van der Waals surface area contributed by atoms with Gasteiger partial charge in [-0.15, -0.1) is 23.2 Å². The molecule has 2 amide bonds. The van der Waals surface area contributed by atoms with Crippen LogP contribution in [0.4, 0.5) is 11.4 Å². The molecular weight excluding hydrogens is 359 g/mol. The standard InChI is InChI=1S/C19H18Cl2N2O2/c1-12-6-5-7-13(10-12)22-16(24)14-8-3-4-9-15(14)23-17(25)18(2)11-19(18,20)21/h3-10H,11H2,1-2H3,(H,22,24)(H,23,25)/t18-/m1/s1. The Balaban J connectivity index is 1.79. The molecule has 0 aromatic heterocycles. The van der Waals surface area contributed by atoms with Crippen molar-refractivity contribution in [3.05, 3.63) is 59.7 Å². The lowest BCUT2D eigenvalue weighted by Crippen LogP contribution is -2.27. The van der Waals surface area contributed by atoms with E-state index in [-0.39, 0.29) is 11.8 Å². The molecule has 1 aliphatic carbocycles. The Morgan fingerprint density at radius 2 is 1.72 bits per heavy atom. The van der Waals surface area contributed by atoms with Gasteiger partial charge in [0.05, 0.1) is 16.7 Å². The summed E-state index contributed by atoms with van der Waals surface area (Å²) >= 11 is 12.1. The lowest BCUT2D eigenvalue weighted by atomic mass is 10.1. The summed E-state index contributed by atoms with van der Waals surface area (Å²) in [7, 11) is 0. The average molecular weight is 377 g/mol. The maximum absolute atomic E-state index is 12.6. The van der Waals surface area contributed by atoms with Crippen molar-refractivity contribution in [1.82, 2.24) is 0 Å². The molecule has 1 fully saturated rings. The number of hydrogen-bond donors (Lipinski definition) is 2. The lowest BCUT2D eigenvalue weighted by Gasteiger charge is -2.15. The molecule has 0 heterocycles. The first-order valence-electron chi connectivity index (χ1n) is 7.89. The monoisotopic (exact) mass is 376 g/mol.